The molecule has 0 unspecified atom stereocenters. The van der Waals surface area contributed by atoms with E-state index in [4.69, 9.17) is 9.47 Å². The van der Waals surface area contributed by atoms with Gasteiger partial charge in [0.05, 0.1) is 25.3 Å². The smallest absolute Gasteiger partial charge is 0.339 e. The number of esters is 2. The van der Waals surface area contributed by atoms with Crippen molar-refractivity contribution in [2.24, 2.45) is 0 Å². The number of ether oxygens (including phenoxy) is 3. The number of methoxy groups -OCH3 is 2. The second kappa shape index (κ2) is 8.03. The molecule has 0 aliphatic carbocycles. The maximum Gasteiger partial charge on any atom is 0.339 e. The van der Waals surface area contributed by atoms with Gasteiger partial charge in [0.15, 0.2) is 0 Å². The molecule has 140 valence electrons. The van der Waals surface area contributed by atoms with Gasteiger partial charge in [-0.25, -0.2) is 9.59 Å². The fraction of sp³-hybridized carbons (Fsp3) is 0.421. The highest BCUT2D eigenvalue weighted by Gasteiger charge is 2.34. The van der Waals surface area contributed by atoms with Crippen LogP contribution in [0.15, 0.2) is 11.6 Å². The molecule has 1 aromatic rings. The zero-order valence-corrected chi connectivity index (χ0v) is 15.3. The third-order valence-electron chi connectivity index (χ3n) is 4.50. The molecule has 1 aliphatic heterocycles. The number of cyclic esters (lactones) is 1. The number of benzene rings is 1. The first-order valence-electron chi connectivity index (χ1n) is 8.16. The highest BCUT2D eigenvalue weighted by Crippen LogP contribution is 2.38. The molecule has 1 aromatic carbocycles. The monoisotopic (exact) mass is 362 g/mol. The molecule has 0 amide bonds. The number of carbonyl (C=O) groups is 3. The molecule has 1 heterocycles. The molecule has 1 N–H and O–H groups in total. The van der Waals surface area contributed by atoms with Crippen LogP contribution in [0.3, 0.4) is 0 Å². The highest BCUT2D eigenvalue weighted by molar-refractivity contribution is 6.07. The van der Waals surface area contributed by atoms with Crippen LogP contribution in [0.25, 0.3) is 0 Å². The average molecular weight is 362 g/mol. The van der Waals surface area contributed by atoms with Crippen LogP contribution in [0.4, 0.5) is 0 Å². The number of allylic oxidation sites excluding steroid dienone is 2. The summed E-state index contributed by atoms with van der Waals surface area (Å²) >= 11 is 0. The van der Waals surface area contributed by atoms with Gasteiger partial charge in [-0.05, 0) is 32.3 Å². The van der Waals surface area contributed by atoms with Gasteiger partial charge in [-0.15, -0.1) is 0 Å². The van der Waals surface area contributed by atoms with E-state index in [0.29, 0.717) is 28.9 Å². The lowest BCUT2D eigenvalue weighted by Crippen LogP contribution is -2.13. The van der Waals surface area contributed by atoms with Crippen molar-refractivity contribution < 1.29 is 33.7 Å². The first-order chi connectivity index (χ1) is 12.3. The molecule has 26 heavy (non-hydrogen) atoms. The van der Waals surface area contributed by atoms with Crippen molar-refractivity contribution in [3.8, 4) is 5.75 Å². The van der Waals surface area contributed by atoms with Crippen molar-refractivity contribution in [3.05, 3.63) is 39.5 Å². The lowest BCUT2D eigenvalue weighted by atomic mass is 9.90. The van der Waals surface area contributed by atoms with Crippen LogP contribution in [0.5, 0.6) is 5.75 Å². The van der Waals surface area contributed by atoms with E-state index >= 15 is 0 Å². The Bertz CT molecular complexity index is 790. The Hall–Kier alpha value is -2.83. The molecule has 0 spiro atoms. The first-order valence-corrected chi connectivity index (χ1v) is 8.16. The van der Waals surface area contributed by atoms with E-state index in [1.807, 2.05) is 13.0 Å². The maximum absolute atomic E-state index is 12.1. The largest absolute Gasteiger partial charge is 0.496 e. The summed E-state index contributed by atoms with van der Waals surface area (Å²) in [6.07, 6.45) is 2.85. The van der Waals surface area contributed by atoms with Crippen molar-refractivity contribution in [1.82, 2.24) is 0 Å². The minimum absolute atomic E-state index is 0.0465. The Kier molecular flexibility index (Phi) is 6.02. The summed E-state index contributed by atoms with van der Waals surface area (Å²) in [5.74, 6) is -1.70. The second-order valence-corrected chi connectivity index (χ2v) is 6.08. The summed E-state index contributed by atoms with van der Waals surface area (Å²) in [4.78, 5) is 35.2. The van der Waals surface area contributed by atoms with Gasteiger partial charge in [0.2, 0.25) is 0 Å². The van der Waals surface area contributed by atoms with E-state index in [0.717, 1.165) is 5.57 Å². The third kappa shape index (κ3) is 3.71. The van der Waals surface area contributed by atoms with Crippen LogP contribution in [0.1, 0.15) is 57.2 Å². The minimum Gasteiger partial charge on any atom is -0.496 e. The van der Waals surface area contributed by atoms with Crippen LogP contribution in [-0.2, 0) is 27.3 Å². The van der Waals surface area contributed by atoms with Crippen molar-refractivity contribution in [2.45, 2.75) is 39.7 Å². The molecular weight excluding hydrogens is 340 g/mol. The molecule has 0 bridgehead atoms. The number of aromatic carboxylic acids is 1. The van der Waals surface area contributed by atoms with E-state index in [1.54, 1.807) is 6.92 Å². The van der Waals surface area contributed by atoms with Crippen molar-refractivity contribution in [2.75, 3.05) is 14.2 Å². The zero-order chi connectivity index (χ0) is 19.4. The molecule has 0 atom stereocenters. The summed E-state index contributed by atoms with van der Waals surface area (Å²) in [5.41, 5.74) is 2.61. The minimum atomic E-state index is -1.20. The standard InChI is InChI=1S/C19H22O7/c1-10(6-8-14(20)24-3)5-7-12-15(18(21)22)16-13(9-26-19(16)23)11(2)17(12)25-4/h5H,6-9H2,1-4H3,(H,21,22)/b10-5+. The Labute approximate surface area is 151 Å². The Morgan fingerprint density at radius 3 is 2.54 bits per heavy atom. The predicted octanol–water partition coefficient (Wildman–Crippen LogP) is 2.81. The molecule has 7 nitrogen and oxygen atoms in total. The number of carbonyl (C=O) groups excluding carboxylic acids is 2. The van der Waals surface area contributed by atoms with Crippen LogP contribution >= 0.6 is 0 Å². The van der Waals surface area contributed by atoms with Gasteiger partial charge in [0.1, 0.15) is 12.4 Å². The summed E-state index contributed by atoms with van der Waals surface area (Å²) < 4.78 is 15.1. The number of fused-ring (bicyclic) bond motifs is 1. The second-order valence-electron chi connectivity index (χ2n) is 6.08. The van der Waals surface area contributed by atoms with Crippen molar-refractivity contribution in [1.29, 1.82) is 0 Å². The highest BCUT2D eigenvalue weighted by atomic mass is 16.5. The van der Waals surface area contributed by atoms with Gasteiger partial charge in [0.25, 0.3) is 0 Å². The van der Waals surface area contributed by atoms with E-state index < -0.39 is 11.9 Å². The molecule has 0 radical (unpaired) electrons. The molecule has 0 saturated carbocycles. The van der Waals surface area contributed by atoms with Gasteiger partial charge in [-0.3, -0.25) is 4.79 Å². The van der Waals surface area contributed by atoms with Gasteiger partial charge < -0.3 is 19.3 Å². The molecule has 0 fully saturated rings. The van der Waals surface area contributed by atoms with E-state index in [1.165, 1.54) is 14.2 Å². The quantitative estimate of drug-likeness (QED) is 0.588. The third-order valence-corrected chi connectivity index (χ3v) is 4.50. The summed E-state index contributed by atoms with van der Waals surface area (Å²) in [6, 6.07) is 0. The van der Waals surface area contributed by atoms with Gasteiger partial charge >= 0.3 is 17.9 Å². The van der Waals surface area contributed by atoms with Crippen molar-refractivity contribution >= 4 is 17.9 Å². The summed E-state index contributed by atoms with van der Waals surface area (Å²) in [5, 5.41) is 9.69. The molecule has 0 aromatic heterocycles. The van der Waals surface area contributed by atoms with Gasteiger partial charge in [-0.1, -0.05) is 11.6 Å². The Morgan fingerprint density at radius 1 is 1.27 bits per heavy atom. The van der Waals surface area contributed by atoms with E-state index in [2.05, 4.69) is 4.74 Å². The Morgan fingerprint density at radius 2 is 1.96 bits per heavy atom. The van der Waals surface area contributed by atoms with Crippen molar-refractivity contribution in [3.63, 3.8) is 0 Å². The molecule has 7 heteroatoms. The fourth-order valence-electron chi connectivity index (χ4n) is 3.07. The molecule has 1 aliphatic rings. The fourth-order valence-corrected chi connectivity index (χ4v) is 3.07. The van der Waals surface area contributed by atoms with Crippen LogP contribution in [0.2, 0.25) is 0 Å². The van der Waals surface area contributed by atoms with Gasteiger partial charge in [-0.2, -0.15) is 0 Å². The van der Waals surface area contributed by atoms with Crippen LogP contribution in [-0.4, -0.2) is 37.2 Å². The number of rotatable bonds is 7. The number of carboxylic acid groups (broad SMARTS) is 1. The number of hydrogen-bond donors (Lipinski definition) is 1. The number of carboxylic acids is 1. The van der Waals surface area contributed by atoms with E-state index in [9.17, 15) is 19.5 Å². The number of hydrogen-bond acceptors (Lipinski definition) is 6. The van der Waals surface area contributed by atoms with E-state index in [-0.39, 0.29) is 36.5 Å². The molecule has 2 rings (SSSR count). The molecule has 0 saturated heterocycles. The Balaban J connectivity index is 2.46. The maximum atomic E-state index is 12.1. The van der Waals surface area contributed by atoms with Gasteiger partial charge in [0, 0.05) is 17.5 Å². The zero-order valence-electron chi connectivity index (χ0n) is 15.3. The topological polar surface area (TPSA) is 99.1 Å². The predicted molar refractivity (Wildman–Crippen MR) is 92.5 cm³/mol. The average Bonchev–Trinajstić information content (AvgIpc) is 2.99. The SMILES string of the molecule is COC(=O)CC/C(C)=C/Cc1c(OC)c(C)c2c(c1C(=O)O)C(=O)OC2. The lowest BCUT2D eigenvalue weighted by molar-refractivity contribution is -0.140. The lowest BCUT2D eigenvalue weighted by Gasteiger charge is -2.17. The first kappa shape index (κ1) is 19.5. The normalized spacial score (nSPS) is 13.2. The van der Waals surface area contributed by atoms with Crippen LogP contribution < -0.4 is 4.74 Å². The molecular formula is C19H22O7. The summed E-state index contributed by atoms with van der Waals surface area (Å²) in [6.45, 7) is 3.68. The summed E-state index contributed by atoms with van der Waals surface area (Å²) in [7, 11) is 2.80. The van der Waals surface area contributed by atoms with Crippen LogP contribution in [0, 0.1) is 6.92 Å².